The first-order valence-electron chi connectivity index (χ1n) is 8.38. The molecule has 1 aromatic heterocycles. The van der Waals surface area contributed by atoms with Gasteiger partial charge in [-0.05, 0) is 31.6 Å². The summed E-state index contributed by atoms with van der Waals surface area (Å²) in [5, 5.41) is 4.19. The summed E-state index contributed by atoms with van der Waals surface area (Å²) in [6, 6.07) is 0. The molecule has 0 atom stereocenters. The van der Waals surface area contributed by atoms with Crippen molar-refractivity contribution in [3.8, 4) is 0 Å². The fourth-order valence-electron chi connectivity index (χ4n) is 3.76. The molecule has 2 aliphatic rings. The van der Waals surface area contributed by atoms with E-state index in [1.807, 2.05) is 0 Å². The first-order valence-corrected chi connectivity index (χ1v) is 8.38. The minimum absolute atomic E-state index is 0.330. The molecule has 4 nitrogen and oxygen atoms in total. The van der Waals surface area contributed by atoms with Gasteiger partial charge in [0.25, 0.3) is 0 Å². The normalized spacial score (nSPS) is 24.4. The first-order chi connectivity index (χ1) is 9.76. The molecule has 3 rings (SSSR count). The molecule has 2 aliphatic carbocycles. The Morgan fingerprint density at radius 1 is 1.00 bits per heavy atom. The van der Waals surface area contributed by atoms with Crippen molar-refractivity contribution < 1.29 is 4.52 Å². The second-order valence-electron chi connectivity index (χ2n) is 6.79. The van der Waals surface area contributed by atoms with Crippen LogP contribution in [0.1, 0.15) is 82.3 Å². The molecule has 0 amide bonds. The van der Waals surface area contributed by atoms with Gasteiger partial charge in [0, 0.05) is 6.42 Å². The van der Waals surface area contributed by atoms with Crippen LogP contribution in [0.15, 0.2) is 4.52 Å². The monoisotopic (exact) mass is 277 g/mol. The Bertz CT molecular complexity index is 415. The largest absolute Gasteiger partial charge is 0.339 e. The Morgan fingerprint density at radius 2 is 1.65 bits per heavy atom. The van der Waals surface area contributed by atoms with Crippen molar-refractivity contribution in [1.82, 2.24) is 10.1 Å². The molecule has 0 saturated heterocycles. The molecule has 1 heterocycles. The molecular formula is C16H27N3O. The second kappa shape index (κ2) is 6.25. The van der Waals surface area contributed by atoms with Crippen LogP contribution >= 0.6 is 0 Å². The summed E-state index contributed by atoms with van der Waals surface area (Å²) < 4.78 is 5.49. The van der Waals surface area contributed by atoms with Gasteiger partial charge in [0.2, 0.25) is 5.89 Å². The molecule has 2 saturated carbocycles. The van der Waals surface area contributed by atoms with Crippen molar-refractivity contribution in [2.75, 3.05) is 0 Å². The van der Waals surface area contributed by atoms with E-state index in [4.69, 9.17) is 10.3 Å². The SMILES string of the molecule is NC1(c2noc(CC3CCCCCC3)n2)CCCCC1. The highest BCUT2D eigenvalue weighted by atomic mass is 16.5. The predicted molar refractivity (Wildman–Crippen MR) is 78.1 cm³/mol. The van der Waals surface area contributed by atoms with Crippen LogP contribution in [-0.2, 0) is 12.0 Å². The van der Waals surface area contributed by atoms with Crippen LogP contribution in [0, 0.1) is 5.92 Å². The zero-order valence-corrected chi connectivity index (χ0v) is 12.4. The standard InChI is InChI=1S/C16H27N3O/c17-16(10-6-3-7-11-16)15-18-14(20-19-15)12-13-8-4-1-2-5-9-13/h13H,1-12,17H2. The molecule has 112 valence electrons. The highest BCUT2D eigenvalue weighted by Crippen LogP contribution is 2.33. The van der Waals surface area contributed by atoms with Crippen molar-refractivity contribution in [3.05, 3.63) is 11.7 Å². The van der Waals surface area contributed by atoms with E-state index >= 15 is 0 Å². The molecule has 0 aromatic carbocycles. The summed E-state index contributed by atoms with van der Waals surface area (Å²) in [7, 11) is 0. The first kappa shape index (κ1) is 14.1. The molecule has 0 radical (unpaired) electrons. The van der Waals surface area contributed by atoms with Gasteiger partial charge >= 0.3 is 0 Å². The number of hydrogen-bond acceptors (Lipinski definition) is 4. The van der Waals surface area contributed by atoms with Crippen molar-refractivity contribution in [1.29, 1.82) is 0 Å². The number of rotatable bonds is 3. The van der Waals surface area contributed by atoms with Crippen LogP contribution in [-0.4, -0.2) is 10.1 Å². The topological polar surface area (TPSA) is 64.9 Å². The molecule has 0 bridgehead atoms. The maximum Gasteiger partial charge on any atom is 0.226 e. The van der Waals surface area contributed by atoms with Gasteiger partial charge in [-0.3, -0.25) is 0 Å². The minimum atomic E-state index is -0.330. The lowest BCUT2D eigenvalue weighted by Crippen LogP contribution is -2.39. The molecular weight excluding hydrogens is 250 g/mol. The van der Waals surface area contributed by atoms with Gasteiger partial charge in [-0.1, -0.05) is 50.1 Å². The zero-order valence-electron chi connectivity index (χ0n) is 12.4. The maximum absolute atomic E-state index is 6.47. The Balaban J connectivity index is 1.63. The van der Waals surface area contributed by atoms with E-state index in [-0.39, 0.29) is 5.54 Å². The maximum atomic E-state index is 6.47. The summed E-state index contributed by atoms with van der Waals surface area (Å²) >= 11 is 0. The molecule has 20 heavy (non-hydrogen) atoms. The third kappa shape index (κ3) is 3.22. The van der Waals surface area contributed by atoms with Crippen molar-refractivity contribution in [3.63, 3.8) is 0 Å². The van der Waals surface area contributed by atoms with Crippen LogP contribution in [0.4, 0.5) is 0 Å². The molecule has 0 unspecified atom stereocenters. The molecule has 4 heteroatoms. The van der Waals surface area contributed by atoms with E-state index in [1.54, 1.807) is 0 Å². The van der Waals surface area contributed by atoms with Gasteiger partial charge in [-0.15, -0.1) is 0 Å². The Morgan fingerprint density at radius 3 is 2.35 bits per heavy atom. The van der Waals surface area contributed by atoms with Crippen LogP contribution in [0.25, 0.3) is 0 Å². The van der Waals surface area contributed by atoms with E-state index in [1.165, 1.54) is 57.8 Å². The Labute approximate surface area is 121 Å². The summed E-state index contributed by atoms with van der Waals surface area (Å²) in [5.41, 5.74) is 6.14. The van der Waals surface area contributed by atoms with Crippen LogP contribution < -0.4 is 5.73 Å². The van der Waals surface area contributed by atoms with Crippen molar-refractivity contribution in [2.45, 2.75) is 82.6 Å². The Hall–Kier alpha value is -0.900. The van der Waals surface area contributed by atoms with Gasteiger partial charge < -0.3 is 10.3 Å². The fourth-order valence-corrected chi connectivity index (χ4v) is 3.76. The quantitative estimate of drug-likeness (QED) is 0.855. The number of nitrogens with zero attached hydrogens (tertiary/aromatic N) is 2. The van der Waals surface area contributed by atoms with Gasteiger partial charge in [-0.2, -0.15) is 4.98 Å². The van der Waals surface area contributed by atoms with Gasteiger partial charge in [0.1, 0.15) is 0 Å². The van der Waals surface area contributed by atoms with E-state index in [2.05, 4.69) is 10.1 Å². The highest BCUT2D eigenvalue weighted by Gasteiger charge is 2.34. The van der Waals surface area contributed by atoms with Gasteiger partial charge in [0.05, 0.1) is 5.54 Å². The van der Waals surface area contributed by atoms with Crippen molar-refractivity contribution >= 4 is 0 Å². The van der Waals surface area contributed by atoms with Crippen LogP contribution in [0.3, 0.4) is 0 Å². The molecule has 0 aliphatic heterocycles. The van der Waals surface area contributed by atoms with Crippen molar-refractivity contribution in [2.24, 2.45) is 11.7 Å². The lowest BCUT2D eigenvalue weighted by atomic mass is 9.82. The van der Waals surface area contributed by atoms with Crippen LogP contribution in [0.5, 0.6) is 0 Å². The van der Waals surface area contributed by atoms with E-state index in [0.717, 1.165) is 36.9 Å². The highest BCUT2D eigenvalue weighted by molar-refractivity contribution is 5.05. The predicted octanol–water partition coefficient (Wildman–Crippen LogP) is 3.70. The van der Waals surface area contributed by atoms with Crippen LogP contribution in [0.2, 0.25) is 0 Å². The smallest absolute Gasteiger partial charge is 0.226 e. The minimum Gasteiger partial charge on any atom is -0.339 e. The fraction of sp³-hybridized carbons (Fsp3) is 0.875. The number of nitrogens with two attached hydrogens (primary N) is 1. The van der Waals surface area contributed by atoms with E-state index < -0.39 is 0 Å². The summed E-state index contributed by atoms with van der Waals surface area (Å²) in [4.78, 5) is 4.63. The number of aromatic nitrogens is 2. The summed E-state index contributed by atoms with van der Waals surface area (Å²) in [6.45, 7) is 0. The van der Waals surface area contributed by atoms with E-state index in [0.29, 0.717) is 0 Å². The second-order valence-corrected chi connectivity index (χ2v) is 6.79. The van der Waals surface area contributed by atoms with E-state index in [9.17, 15) is 0 Å². The van der Waals surface area contributed by atoms with Gasteiger partial charge in [0.15, 0.2) is 5.82 Å². The molecule has 1 aromatic rings. The summed E-state index contributed by atoms with van der Waals surface area (Å²) in [5.74, 6) is 2.29. The summed E-state index contributed by atoms with van der Waals surface area (Å²) in [6.07, 6.45) is 14.7. The average Bonchev–Trinajstić information content (AvgIpc) is 2.78. The van der Waals surface area contributed by atoms with Gasteiger partial charge in [-0.25, -0.2) is 0 Å². The number of hydrogen-bond donors (Lipinski definition) is 1. The average molecular weight is 277 g/mol. The lowest BCUT2D eigenvalue weighted by molar-refractivity contribution is 0.271. The lowest BCUT2D eigenvalue weighted by Gasteiger charge is -2.29. The third-order valence-electron chi connectivity index (χ3n) is 5.10. The third-order valence-corrected chi connectivity index (χ3v) is 5.10. The molecule has 2 fully saturated rings. The molecule has 0 spiro atoms. The Kier molecular flexibility index (Phi) is 4.39. The zero-order chi connectivity index (χ0) is 13.8. The molecule has 2 N–H and O–H groups in total.